The van der Waals surface area contributed by atoms with Gasteiger partial charge in [0.05, 0.1) is 7.11 Å². The molecule has 0 aliphatic heterocycles. The van der Waals surface area contributed by atoms with Gasteiger partial charge in [-0.05, 0) is 10.8 Å². The van der Waals surface area contributed by atoms with Gasteiger partial charge in [-0.15, -0.1) is 0 Å². The molecule has 0 fully saturated rings. The van der Waals surface area contributed by atoms with Gasteiger partial charge in [-0.2, -0.15) is 9.97 Å². The minimum absolute atomic E-state index is 0.327. The van der Waals surface area contributed by atoms with Crippen molar-refractivity contribution in [3.8, 4) is 17.4 Å². The molecule has 1 heterocycles. The van der Waals surface area contributed by atoms with Crippen molar-refractivity contribution in [2.45, 2.75) is 0 Å². The first kappa shape index (κ1) is 10.7. The highest BCUT2D eigenvalue weighted by atomic mass is 16.5. The molecule has 0 N–H and O–H groups in total. The third-order valence-electron chi connectivity index (χ3n) is 2.76. The van der Waals surface area contributed by atoms with E-state index in [-0.39, 0.29) is 0 Å². The molecule has 0 aliphatic carbocycles. The van der Waals surface area contributed by atoms with Crippen molar-refractivity contribution in [1.82, 2.24) is 15.0 Å². The van der Waals surface area contributed by atoms with Crippen LogP contribution in [0.1, 0.15) is 0 Å². The molecule has 0 radical (unpaired) electrons. The second kappa shape index (κ2) is 4.41. The minimum atomic E-state index is 0.327. The largest absolute Gasteiger partial charge is 0.467 e. The summed E-state index contributed by atoms with van der Waals surface area (Å²) in [4.78, 5) is 12.4. The Morgan fingerprint density at radius 1 is 0.944 bits per heavy atom. The highest BCUT2D eigenvalue weighted by Crippen LogP contribution is 2.26. The van der Waals surface area contributed by atoms with Crippen LogP contribution < -0.4 is 4.74 Å². The van der Waals surface area contributed by atoms with Crippen LogP contribution in [0.25, 0.3) is 22.2 Å². The Bertz CT molecular complexity index is 692. The van der Waals surface area contributed by atoms with Gasteiger partial charge >= 0.3 is 6.01 Å². The van der Waals surface area contributed by atoms with E-state index in [1.807, 2.05) is 24.3 Å². The van der Waals surface area contributed by atoms with Crippen LogP contribution in [0.2, 0.25) is 0 Å². The Labute approximate surface area is 104 Å². The zero-order chi connectivity index (χ0) is 12.4. The van der Waals surface area contributed by atoms with Crippen molar-refractivity contribution in [2.24, 2.45) is 0 Å². The monoisotopic (exact) mass is 237 g/mol. The Hall–Kier alpha value is -2.49. The van der Waals surface area contributed by atoms with Crippen molar-refractivity contribution in [3.05, 3.63) is 48.8 Å². The molecule has 0 spiro atoms. The number of hydrogen-bond donors (Lipinski definition) is 0. The third kappa shape index (κ3) is 1.78. The van der Waals surface area contributed by atoms with E-state index in [1.54, 1.807) is 7.11 Å². The predicted octanol–water partition coefficient (Wildman–Crippen LogP) is 2.70. The van der Waals surface area contributed by atoms with Crippen LogP contribution in [0.5, 0.6) is 6.01 Å². The van der Waals surface area contributed by atoms with Crippen LogP contribution in [0, 0.1) is 0 Å². The molecule has 2 aromatic carbocycles. The topological polar surface area (TPSA) is 47.9 Å². The van der Waals surface area contributed by atoms with Crippen LogP contribution in [0.15, 0.2) is 48.8 Å². The van der Waals surface area contributed by atoms with Gasteiger partial charge in [0.25, 0.3) is 0 Å². The smallest absolute Gasteiger partial charge is 0.319 e. The highest BCUT2D eigenvalue weighted by Gasteiger charge is 2.07. The van der Waals surface area contributed by atoms with Gasteiger partial charge in [0.2, 0.25) is 0 Å². The Morgan fingerprint density at radius 3 is 2.67 bits per heavy atom. The van der Waals surface area contributed by atoms with E-state index in [0.29, 0.717) is 11.8 Å². The van der Waals surface area contributed by atoms with Crippen LogP contribution in [0.3, 0.4) is 0 Å². The van der Waals surface area contributed by atoms with Crippen molar-refractivity contribution < 1.29 is 4.74 Å². The van der Waals surface area contributed by atoms with Gasteiger partial charge in [0.1, 0.15) is 6.33 Å². The van der Waals surface area contributed by atoms with Crippen molar-refractivity contribution >= 4 is 10.8 Å². The zero-order valence-corrected chi connectivity index (χ0v) is 9.87. The highest BCUT2D eigenvalue weighted by molar-refractivity contribution is 5.94. The number of aromatic nitrogens is 3. The molecule has 3 rings (SSSR count). The summed E-state index contributed by atoms with van der Waals surface area (Å²) >= 11 is 0. The van der Waals surface area contributed by atoms with Gasteiger partial charge in [-0.25, -0.2) is 4.98 Å². The summed E-state index contributed by atoms with van der Waals surface area (Å²) in [6.07, 6.45) is 1.46. The molecule has 1 aromatic heterocycles. The van der Waals surface area contributed by atoms with Gasteiger partial charge in [0.15, 0.2) is 5.82 Å². The fourth-order valence-electron chi connectivity index (χ4n) is 1.93. The summed E-state index contributed by atoms with van der Waals surface area (Å²) < 4.78 is 5.03. The van der Waals surface area contributed by atoms with Crippen LogP contribution >= 0.6 is 0 Å². The molecule has 0 atom stereocenters. The second-order valence-corrected chi connectivity index (χ2v) is 3.82. The van der Waals surface area contributed by atoms with E-state index in [2.05, 4.69) is 33.2 Å². The SMILES string of the molecule is COc1ncnc(-c2cccc3ccccc23)n1. The van der Waals surface area contributed by atoms with E-state index < -0.39 is 0 Å². The lowest BCUT2D eigenvalue weighted by molar-refractivity contribution is 0.378. The molecule has 0 aliphatic rings. The molecule has 0 bridgehead atoms. The molecule has 0 amide bonds. The number of hydrogen-bond acceptors (Lipinski definition) is 4. The van der Waals surface area contributed by atoms with Crippen LogP contribution in [-0.4, -0.2) is 22.1 Å². The third-order valence-corrected chi connectivity index (χ3v) is 2.76. The molecular formula is C14H11N3O. The van der Waals surface area contributed by atoms with Crippen LogP contribution in [0.4, 0.5) is 0 Å². The molecule has 0 saturated heterocycles. The molecule has 0 unspecified atom stereocenters. The maximum absolute atomic E-state index is 5.03. The minimum Gasteiger partial charge on any atom is -0.467 e. The summed E-state index contributed by atoms with van der Waals surface area (Å²) in [5.74, 6) is 0.624. The number of nitrogens with zero attached hydrogens (tertiary/aromatic N) is 3. The quantitative estimate of drug-likeness (QED) is 0.687. The Morgan fingerprint density at radius 2 is 1.78 bits per heavy atom. The normalized spacial score (nSPS) is 10.5. The van der Waals surface area contributed by atoms with Crippen molar-refractivity contribution in [1.29, 1.82) is 0 Å². The summed E-state index contributed by atoms with van der Waals surface area (Å²) in [6, 6.07) is 14.5. The average molecular weight is 237 g/mol. The Kier molecular flexibility index (Phi) is 2.61. The number of methoxy groups -OCH3 is 1. The van der Waals surface area contributed by atoms with Crippen LogP contribution in [-0.2, 0) is 0 Å². The van der Waals surface area contributed by atoms with Gasteiger partial charge in [-0.3, -0.25) is 0 Å². The first-order valence-electron chi connectivity index (χ1n) is 5.59. The molecule has 18 heavy (non-hydrogen) atoms. The van der Waals surface area contributed by atoms with Crippen molar-refractivity contribution in [2.75, 3.05) is 7.11 Å². The van der Waals surface area contributed by atoms with E-state index >= 15 is 0 Å². The fraction of sp³-hybridized carbons (Fsp3) is 0.0714. The number of rotatable bonds is 2. The summed E-state index contributed by atoms with van der Waals surface area (Å²) in [7, 11) is 1.54. The molecule has 0 saturated carbocycles. The average Bonchev–Trinajstić information content (AvgIpc) is 2.47. The number of ether oxygens (including phenoxy) is 1. The van der Waals surface area contributed by atoms with Gasteiger partial charge in [-0.1, -0.05) is 42.5 Å². The molecular weight excluding hydrogens is 226 g/mol. The Balaban J connectivity index is 2.24. The number of fused-ring (bicyclic) bond motifs is 1. The summed E-state index contributed by atoms with van der Waals surface area (Å²) in [6.45, 7) is 0. The van der Waals surface area contributed by atoms with E-state index in [0.717, 1.165) is 16.3 Å². The first-order chi connectivity index (χ1) is 8.88. The lowest BCUT2D eigenvalue weighted by atomic mass is 10.0. The fourth-order valence-corrected chi connectivity index (χ4v) is 1.93. The van der Waals surface area contributed by atoms with Gasteiger partial charge in [0, 0.05) is 5.56 Å². The lowest BCUT2D eigenvalue weighted by Gasteiger charge is -2.05. The summed E-state index contributed by atoms with van der Waals surface area (Å²) in [5.41, 5.74) is 0.980. The second-order valence-electron chi connectivity index (χ2n) is 3.82. The standard InChI is InChI=1S/C14H11N3O/c1-18-14-16-9-15-13(17-14)12-8-4-6-10-5-2-3-7-11(10)12/h2-9H,1H3. The lowest BCUT2D eigenvalue weighted by Crippen LogP contribution is -1.96. The number of benzene rings is 2. The van der Waals surface area contributed by atoms with Gasteiger partial charge < -0.3 is 4.74 Å². The molecule has 3 aromatic rings. The van der Waals surface area contributed by atoms with E-state index in [1.165, 1.54) is 6.33 Å². The summed E-state index contributed by atoms with van der Waals surface area (Å²) in [5, 5.41) is 2.28. The molecule has 4 heteroatoms. The maximum atomic E-state index is 5.03. The molecule has 4 nitrogen and oxygen atoms in total. The zero-order valence-electron chi connectivity index (χ0n) is 9.87. The molecule has 88 valence electrons. The maximum Gasteiger partial charge on any atom is 0.319 e. The van der Waals surface area contributed by atoms with E-state index in [9.17, 15) is 0 Å². The van der Waals surface area contributed by atoms with Crippen molar-refractivity contribution in [3.63, 3.8) is 0 Å². The predicted molar refractivity (Wildman–Crippen MR) is 69.3 cm³/mol. The van der Waals surface area contributed by atoms with E-state index in [4.69, 9.17) is 4.74 Å². The first-order valence-corrected chi connectivity index (χ1v) is 5.59.